The molecule has 130 valence electrons. The van der Waals surface area contributed by atoms with Gasteiger partial charge in [-0.05, 0) is 59.8 Å². The minimum absolute atomic E-state index is 0.0259. The largest absolute Gasteiger partial charge is 0.504 e. The summed E-state index contributed by atoms with van der Waals surface area (Å²) >= 11 is 0. The molecule has 0 spiro atoms. The fourth-order valence-electron chi connectivity index (χ4n) is 3.53. The summed E-state index contributed by atoms with van der Waals surface area (Å²) in [5.74, 6) is 1.89. The summed E-state index contributed by atoms with van der Waals surface area (Å²) in [5.41, 5.74) is 2.49. The van der Waals surface area contributed by atoms with Crippen LogP contribution in [0.25, 0.3) is 0 Å². The van der Waals surface area contributed by atoms with Gasteiger partial charge in [-0.15, -0.1) is 0 Å². The van der Waals surface area contributed by atoms with Crippen LogP contribution in [0.15, 0.2) is 48.5 Å². The zero-order valence-electron chi connectivity index (χ0n) is 15.2. The Morgan fingerprint density at radius 3 is 1.96 bits per heavy atom. The van der Waals surface area contributed by atoms with Crippen LogP contribution in [0.1, 0.15) is 63.5 Å². The maximum atomic E-state index is 9.89. The fraction of sp³-hybridized carbons (Fsp3) is 0.455. The molecule has 0 bridgehead atoms. The van der Waals surface area contributed by atoms with E-state index in [4.69, 9.17) is 0 Å². The van der Waals surface area contributed by atoms with Gasteiger partial charge in [0.2, 0.25) is 0 Å². The number of rotatable bonds is 7. The summed E-state index contributed by atoms with van der Waals surface area (Å²) in [6.07, 6.45) is 2.12. The SMILES string of the molecule is CC(C)CC(CC(c1ccccc1)C(C)C)c1ccc(O)c(O)c1. The van der Waals surface area contributed by atoms with E-state index in [1.807, 2.05) is 6.07 Å². The van der Waals surface area contributed by atoms with E-state index in [1.165, 1.54) is 5.56 Å². The first-order chi connectivity index (χ1) is 11.4. The molecule has 0 aliphatic carbocycles. The lowest BCUT2D eigenvalue weighted by Gasteiger charge is -2.28. The van der Waals surface area contributed by atoms with Crippen molar-refractivity contribution in [3.05, 3.63) is 59.7 Å². The van der Waals surface area contributed by atoms with Crippen molar-refractivity contribution in [1.29, 1.82) is 0 Å². The molecule has 0 heterocycles. The molecule has 2 unspecified atom stereocenters. The smallest absolute Gasteiger partial charge is 0.157 e. The minimum Gasteiger partial charge on any atom is -0.504 e. The van der Waals surface area contributed by atoms with E-state index in [9.17, 15) is 10.2 Å². The lowest BCUT2D eigenvalue weighted by molar-refractivity contribution is 0.382. The molecule has 0 saturated heterocycles. The Labute approximate surface area is 146 Å². The number of hydrogen-bond donors (Lipinski definition) is 2. The summed E-state index contributed by atoms with van der Waals surface area (Å²) in [6.45, 7) is 9.02. The van der Waals surface area contributed by atoms with Gasteiger partial charge in [-0.25, -0.2) is 0 Å². The van der Waals surface area contributed by atoms with Crippen LogP contribution in [-0.2, 0) is 0 Å². The molecule has 2 aromatic carbocycles. The average molecular weight is 326 g/mol. The van der Waals surface area contributed by atoms with Crippen molar-refractivity contribution in [2.75, 3.05) is 0 Å². The van der Waals surface area contributed by atoms with Gasteiger partial charge in [0.1, 0.15) is 0 Å². The zero-order valence-corrected chi connectivity index (χ0v) is 15.2. The van der Waals surface area contributed by atoms with Crippen LogP contribution in [0, 0.1) is 11.8 Å². The van der Waals surface area contributed by atoms with Crippen LogP contribution in [0.3, 0.4) is 0 Å². The Morgan fingerprint density at radius 1 is 0.750 bits per heavy atom. The highest BCUT2D eigenvalue weighted by atomic mass is 16.3. The van der Waals surface area contributed by atoms with E-state index in [1.54, 1.807) is 12.1 Å². The Hall–Kier alpha value is -1.96. The normalized spacial score (nSPS) is 14.1. The third-order valence-corrected chi connectivity index (χ3v) is 4.80. The first kappa shape index (κ1) is 18.4. The third kappa shape index (κ3) is 4.77. The standard InChI is InChI=1S/C22H30O2/c1-15(2)12-19(18-10-11-21(23)22(24)14-18)13-20(16(3)4)17-8-6-5-7-9-17/h5-11,14-16,19-20,23-24H,12-13H2,1-4H3. The van der Waals surface area contributed by atoms with Crippen LogP contribution in [-0.4, -0.2) is 10.2 Å². The monoisotopic (exact) mass is 326 g/mol. The van der Waals surface area contributed by atoms with Gasteiger partial charge < -0.3 is 10.2 Å². The van der Waals surface area contributed by atoms with Crippen molar-refractivity contribution in [1.82, 2.24) is 0 Å². The molecule has 2 rings (SSSR count). The van der Waals surface area contributed by atoms with E-state index in [0.717, 1.165) is 18.4 Å². The molecule has 0 saturated carbocycles. The summed E-state index contributed by atoms with van der Waals surface area (Å²) < 4.78 is 0. The summed E-state index contributed by atoms with van der Waals surface area (Å²) in [4.78, 5) is 0. The van der Waals surface area contributed by atoms with Crippen molar-refractivity contribution in [2.24, 2.45) is 11.8 Å². The zero-order chi connectivity index (χ0) is 17.7. The second-order valence-electron chi connectivity index (χ2n) is 7.57. The van der Waals surface area contributed by atoms with Crippen molar-refractivity contribution < 1.29 is 10.2 Å². The van der Waals surface area contributed by atoms with Gasteiger partial charge in [-0.3, -0.25) is 0 Å². The molecule has 24 heavy (non-hydrogen) atoms. The number of phenols is 2. The van der Waals surface area contributed by atoms with Gasteiger partial charge in [0.05, 0.1) is 0 Å². The maximum absolute atomic E-state index is 9.89. The van der Waals surface area contributed by atoms with Crippen LogP contribution >= 0.6 is 0 Å². The summed E-state index contributed by atoms with van der Waals surface area (Å²) in [6, 6.07) is 16.0. The van der Waals surface area contributed by atoms with Crippen molar-refractivity contribution in [3.8, 4) is 11.5 Å². The molecule has 0 aliphatic rings. The number of phenolic OH excluding ortho intramolecular Hbond substituents is 2. The van der Waals surface area contributed by atoms with Gasteiger partial charge in [0, 0.05) is 0 Å². The highest BCUT2D eigenvalue weighted by Crippen LogP contribution is 2.40. The predicted molar refractivity (Wildman–Crippen MR) is 101 cm³/mol. The van der Waals surface area contributed by atoms with Crippen molar-refractivity contribution >= 4 is 0 Å². The highest BCUT2D eigenvalue weighted by molar-refractivity contribution is 5.42. The van der Waals surface area contributed by atoms with Crippen LogP contribution in [0.4, 0.5) is 0 Å². The second kappa shape index (κ2) is 8.23. The molecule has 0 fully saturated rings. The Balaban J connectivity index is 2.31. The van der Waals surface area contributed by atoms with Gasteiger partial charge in [-0.2, -0.15) is 0 Å². The topological polar surface area (TPSA) is 40.5 Å². The van der Waals surface area contributed by atoms with Gasteiger partial charge >= 0.3 is 0 Å². The minimum atomic E-state index is -0.0504. The van der Waals surface area contributed by atoms with E-state index in [2.05, 4.69) is 58.0 Å². The molecule has 2 aromatic rings. The molecule has 2 heteroatoms. The van der Waals surface area contributed by atoms with Crippen LogP contribution in [0.2, 0.25) is 0 Å². The first-order valence-electron chi connectivity index (χ1n) is 8.95. The third-order valence-electron chi connectivity index (χ3n) is 4.80. The fourth-order valence-corrected chi connectivity index (χ4v) is 3.53. The average Bonchev–Trinajstić information content (AvgIpc) is 2.54. The number of hydrogen-bond acceptors (Lipinski definition) is 2. The predicted octanol–water partition coefficient (Wildman–Crippen LogP) is 6.06. The maximum Gasteiger partial charge on any atom is 0.157 e. The Morgan fingerprint density at radius 2 is 1.42 bits per heavy atom. The molecule has 0 aliphatic heterocycles. The first-order valence-corrected chi connectivity index (χ1v) is 8.95. The quantitative estimate of drug-likeness (QED) is 0.607. The van der Waals surface area contributed by atoms with Gasteiger partial charge in [-0.1, -0.05) is 64.1 Å². The molecule has 0 aromatic heterocycles. The van der Waals surface area contributed by atoms with Crippen molar-refractivity contribution in [3.63, 3.8) is 0 Å². The Kier molecular flexibility index (Phi) is 6.30. The van der Waals surface area contributed by atoms with Crippen LogP contribution in [0.5, 0.6) is 11.5 Å². The highest BCUT2D eigenvalue weighted by Gasteiger charge is 2.23. The molecule has 2 nitrogen and oxygen atoms in total. The van der Waals surface area contributed by atoms with Gasteiger partial charge in [0.15, 0.2) is 11.5 Å². The molecule has 2 atom stereocenters. The summed E-state index contributed by atoms with van der Waals surface area (Å²) in [7, 11) is 0. The molecule has 0 amide bonds. The van der Waals surface area contributed by atoms with Crippen LogP contribution < -0.4 is 0 Å². The number of aromatic hydroxyl groups is 2. The summed E-state index contributed by atoms with van der Waals surface area (Å²) in [5, 5.41) is 19.5. The lowest BCUT2D eigenvalue weighted by atomic mass is 9.76. The molecular weight excluding hydrogens is 296 g/mol. The van der Waals surface area contributed by atoms with E-state index in [0.29, 0.717) is 23.7 Å². The second-order valence-corrected chi connectivity index (χ2v) is 7.57. The number of benzene rings is 2. The van der Waals surface area contributed by atoms with E-state index < -0.39 is 0 Å². The molecule has 2 N–H and O–H groups in total. The molecule has 0 radical (unpaired) electrons. The van der Waals surface area contributed by atoms with Crippen molar-refractivity contribution in [2.45, 2.75) is 52.4 Å². The molecular formula is C22H30O2. The Bertz CT molecular complexity index is 632. The lowest BCUT2D eigenvalue weighted by Crippen LogP contribution is -2.13. The van der Waals surface area contributed by atoms with E-state index in [-0.39, 0.29) is 11.5 Å². The van der Waals surface area contributed by atoms with E-state index >= 15 is 0 Å². The van der Waals surface area contributed by atoms with Gasteiger partial charge in [0.25, 0.3) is 0 Å².